The average Bonchev–Trinajstić information content (AvgIpc) is 2.68. The lowest BCUT2D eigenvalue weighted by Crippen LogP contribution is -2.35. The summed E-state index contributed by atoms with van der Waals surface area (Å²) in [4.78, 5) is 22.8. The Kier molecular flexibility index (Phi) is 4.54. The summed E-state index contributed by atoms with van der Waals surface area (Å²) < 4.78 is 1.86. The first-order chi connectivity index (χ1) is 14.0. The Morgan fingerprint density at radius 1 is 1.14 bits per heavy atom. The standard InChI is InChI=1S/C23H28N4O2/c1-23(29)11-9-16(10-12-23)27-20-19(17-7-2-3-8-18(17)21(27)28)14-25-22(26-20)24-13-15-5-4-6-15/h2-3,7-8,14-16,29H,4-6,9-13H2,1H3,(H,24,25,26)/t16-,23-. The van der Waals surface area contributed by atoms with Crippen molar-refractivity contribution in [2.24, 2.45) is 5.92 Å². The molecular formula is C23H28N4O2. The molecule has 2 heterocycles. The number of hydrogen-bond acceptors (Lipinski definition) is 5. The van der Waals surface area contributed by atoms with E-state index in [-0.39, 0.29) is 11.6 Å². The van der Waals surface area contributed by atoms with Gasteiger partial charge in [-0.05, 0) is 62.8 Å². The third-order valence-corrected chi connectivity index (χ3v) is 6.83. The van der Waals surface area contributed by atoms with Gasteiger partial charge >= 0.3 is 0 Å². The third-order valence-electron chi connectivity index (χ3n) is 6.83. The second-order valence-electron chi connectivity index (χ2n) is 9.06. The zero-order chi connectivity index (χ0) is 20.0. The molecule has 2 aromatic heterocycles. The number of hydrogen-bond donors (Lipinski definition) is 2. The lowest BCUT2D eigenvalue weighted by Gasteiger charge is -2.34. The van der Waals surface area contributed by atoms with Gasteiger partial charge in [0.25, 0.3) is 5.56 Å². The molecule has 152 valence electrons. The van der Waals surface area contributed by atoms with E-state index in [1.54, 1.807) is 0 Å². The van der Waals surface area contributed by atoms with Crippen molar-refractivity contribution in [2.75, 3.05) is 11.9 Å². The number of benzene rings is 1. The van der Waals surface area contributed by atoms with E-state index in [0.717, 1.165) is 30.2 Å². The maximum atomic E-state index is 13.5. The van der Waals surface area contributed by atoms with E-state index in [1.165, 1.54) is 19.3 Å². The molecule has 0 spiro atoms. The lowest BCUT2D eigenvalue weighted by atomic mass is 9.83. The molecule has 29 heavy (non-hydrogen) atoms. The Hall–Kier alpha value is -2.47. The summed E-state index contributed by atoms with van der Waals surface area (Å²) in [5, 5.41) is 16.3. The van der Waals surface area contributed by atoms with Crippen molar-refractivity contribution < 1.29 is 5.11 Å². The molecule has 0 aliphatic heterocycles. The van der Waals surface area contributed by atoms with Crippen LogP contribution in [0.5, 0.6) is 0 Å². The average molecular weight is 393 g/mol. The minimum atomic E-state index is -0.642. The Morgan fingerprint density at radius 3 is 2.55 bits per heavy atom. The molecule has 3 aromatic rings. The first kappa shape index (κ1) is 18.6. The van der Waals surface area contributed by atoms with Crippen molar-refractivity contribution >= 4 is 27.8 Å². The van der Waals surface area contributed by atoms with E-state index in [9.17, 15) is 9.90 Å². The number of nitrogens with zero attached hydrogens (tertiary/aromatic N) is 3. The van der Waals surface area contributed by atoms with E-state index in [1.807, 2.05) is 42.0 Å². The number of anilines is 1. The van der Waals surface area contributed by atoms with Crippen LogP contribution < -0.4 is 10.9 Å². The summed E-state index contributed by atoms with van der Waals surface area (Å²) in [5.41, 5.74) is 0.0617. The number of nitrogens with one attached hydrogen (secondary N) is 1. The molecule has 6 nitrogen and oxygen atoms in total. The maximum absolute atomic E-state index is 13.5. The molecule has 2 fully saturated rings. The van der Waals surface area contributed by atoms with Crippen LogP contribution in [0, 0.1) is 5.92 Å². The second-order valence-corrected chi connectivity index (χ2v) is 9.06. The zero-order valence-electron chi connectivity index (χ0n) is 16.9. The van der Waals surface area contributed by atoms with Crippen LogP contribution in [0.25, 0.3) is 21.8 Å². The third kappa shape index (κ3) is 3.39. The van der Waals surface area contributed by atoms with Crippen molar-refractivity contribution in [2.45, 2.75) is 63.5 Å². The molecule has 6 heteroatoms. The molecule has 0 bridgehead atoms. The van der Waals surface area contributed by atoms with Gasteiger partial charge in [-0.15, -0.1) is 0 Å². The summed E-state index contributed by atoms with van der Waals surface area (Å²) in [6.45, 7) is 2.77. The van der Waals surface area contributed by atoms with Gasteiger partial charge in [0.05, 0.1) is 5.60 Å². The van der Waals surface area contributed by atoms with Crippen LogP contribution in [0.2, 0.25) is 0 Å². The largest absolute Gasteiger partial charge is 0.390 e. The first-order valence-corrected chi connectivity index (χ1v) is 10.8. The Labute approximate surface area is 170 Å². The molecular weight excluding hydrogens is 364 g/mol. The maximum Gasteiger partial charge on any atom is 0.260 e. The number of aliphatic hydroxyl groups is 1. The smallest absolute Gasteiger partial charge is 0.260 e. The molecule has 0 radical (unpaired) electrons. The van der Waals surface area contributed by atoms with Gasteiger partial charge in [-0.1, -0.05) is 24.6 Å². The minimum absolute atomic E-state index is 0.00304. The molecule has 0 amide bonds. The topological polar surface area (TPSA) is 80.0 Å². The highest BCUT2D eigenvalue weighted by Gasteiger charge is 2.31. The van der Waals surface area contributed by atoms with Crippen LogP contribution in [0.15, 0.2) is 35.3 Å². The van der Waals surface area contributed by atoms with E-state index < -0.39 is 5.60 Å². The van der Waals surface area contributed by atoms with E-state index >= 15 is 0 Å². The predicted molar refractivity (Wildman–Crippen MR) is 115 cm³/mol. The molecule has 2 N–H and O–H groups in total. The van der Waals surface area contributed by atoms with Crippen LogP contribution in [0.4, 0.5) is 5.95 Å². The number of aromatic nitrogens is 3. The highest BCUT2D eigenvalue weighted by molar-refractivity contribution is 6.04. The second kappa shape index (κ2) is 7.10. The molecule has 2 aliphatic rings. The Balaban J connectivity index is 1.62. The Morgan fingerprint density at radius 2 is 1.86 bits per heavy atom. The highest BCUT2D eigenvalue weighted by atomic mass is 16.3. The number of pyridine rings is 1. The van der Waals surface area contributed by atoms with E-state index in [4.69, 9.17) is 4.98 Å². The predicted octanol–water partition coefficient (Wildman–Crippen LogP) is 4.02. The fraction of sp³-hybridized carbons (Fsp3) is 0.522. The first-order valence-electron chi connectivity index (χ1n) is 10.8. The van der Waals surface area contributed by atoms with Crippen LogP contribution in [0.1, 0.15) is 57.9 Å². The fourth-order valence-corrected chi connectivity index (χ4v) is 4.72. The molecule has 1 aromatic carbocycles. The summed E-state index contributed by atoms with van der Waals surface area (Å²) in [7, 11) is 0. The van der Waals surface area contributed by atoms with Gasteiger partial charge in [0.15, 0.2) is 0 Å². The van der Waals surface area contributed by atoms with Crippen molar-refractivity contribution in [3.05, 3.63) is 40.8 Å². The van der Waals surface area contributed by atoms with Crippen molar-refractivity contribution in [3.63, 3.8) is 0 Å². The molecule has 0 saturated heterocycles. The van der Waals surface area contributed by atoms with Gasteiger partial charge in [-0.25, -0.2) is 4.98 Å². The fourth-order valence-electron chi connectivity index (χ4n) is 4.72. The van der Waals surface area contributed by atoms with Gasteiger partial charge in [0, 0.05) is 29.6 Å². The van der Waals surface area contributed by atoms with Crippen LogP contribution >= 0.6 is 0 Å². The number of rotatable bonds is 4. The Bertz CT molecular complexity index is 1110. The zero-order valence-corrected chi connectivity index (χ0v) is 16.9. The minimum Gasteiger partial charge on any atom is -0.390 e. The van der Waals surface area contributed by atoms with Crippen molar-refractivity contribution in [3.8, 4) is 0 Å². The SMILES string of the molecule is C[C@]1(O)CC[C@H](n2c(=O)c3ccccc3c3cnc(NCC4CCC4)nc32)CC1. The van der Waals surface area contributed by atoms with Crippen molar-refractivity contribution in [1.29, 1.82) is 0 Å². The van der Waals surface area contributed by atoms with Crippen LogP contribution in [0.3, 0.4) is 0 Å². The summed E-state index contributed by atoms with van der Waals surface area (Å²) >= 11 is 0. The van der Waals surface area contributed by atoms with Crippen molar-refractivity contribution in [1.82, 2.24) is 14.5 Å². The molecule has 2 saturated carbocycles. The summed E-state index contributed by atoms with van der Waals surface area (Å²) in [6, 6.07) is 7.76. The van der Waals surface area contributed by atoms with Gasteiger partial charge in [0.2, 0.25) is 5.95 Å². The molecule has 5 rings (SSSR count). The summed E-state index contributed by atoms with van der Waals surface area (Å²) in [6.07, 6.45) is 8.61. The normalized spacial score (nSPS) is 25.2. The van der Waals surface area contributed by atoms with Crippen LogP contribution in [-0.4, -0.2) is 31.8 Å². The molecule has 0 unspecified atom stereocenters. The quantitative estimate of drug-likeness (QED) is 0.656. The molecule has 2 aliphatic carbocycles. The van der Waals surface area contributed by atoms with E-state index in [2.05, 4.69) is 10.3 Å². The van der Waals surface area contributed by atoms with Gasteiger partial charge in [-0.3, -0.25) is 9.36 Å². The van der Waals surface area contributed by atoms with Gasteiger partial charge < -0.3 is 10.4 Å². The number of fused-ring (bicyclic) bond motifs is 3. The van der Waals surface area contributed by atoms with Crippen LogP contribution in [-0.2, 0) is 0 Å². The summed E-state index contributed by atoms with van der Waals surface area (Å²) in [5.74, 6) is 1.30. The molecule has 0 atom stereocenters. The monoisotopic (exact) mass is 392 g/mol. The van der Waals surface area contributed by atoms with E-state index in [0.29, 0.717) is 35.7 Å². The lowest BCUT2D eigenvalue weighted by molar-refractivity contribution is 0.0100. The highest BCUT2D eigenvalue weighted by Crippen LogP contribution is 2.36. The van der Waals surface area contributed by atoms with Gasteiger partial charge in [0.1, 0.15) is 5.65 Å². The van der Waals surface area contributed by atoms with Gasteiger partial charge in [-0.2, -0.15) is 4.98 Å².